The summed E-state index contributed by atoms with van der Waals surface area (Å²) < 4.78 is 0. The Labute approximate surface area is 240 Å². The van der Waals surface area contributed by atoms with Gasteiger partial charge in [0.05, 0.1) is 5.41 Å². The van der Waals surface area contributed by atoms with Crippen molar-refractivity contribution in [1.29, 1.82) is 0 Å². The molecule has 41 heavy (non-hydrogen) atoms. The number of benzene rings is 6. The van der Waals surface area contributed by atoms with Crippen LogP contribution in [0.1, 0.15) is 38.9 Å². The van der Waals surface area contributed by atoms with Gasteiger partial charge < -0.3 is 0 Å². The van der Waals surface area contributed by atoms with Crippen LogP contribution >= 0.6 is 0 Å². The van der Waals surface area contributed by atoms with Gasteiger partial charge in [0.2, 0.25) is 0 Å². The van der Waals surface area contributed by atoms with Gasteiger partial charge in [-0.2, -0.15) is 0 Å². The number of allylic oxidation sites excluding steroid dienone is 4. The summed E-state index contributed by atoms with van der Waals surface area (Å²) in [6, 6.07) is 47.8. The highest BCUT2D eigenvalue weighted by Crippen LogP contribution is 2.56. The van der Waals surface area contributed by atoms with Gasteiger partial charge in [-0.15, -0.1) is 0 Å². The van der Waals surface area contributed by atoms with E-state index in [2.05, 4.69) is 146 Å². The molecule has 3 aliphatic rings. The van der Waals surface area contributed by atoms with Crippen molar-refractivity contribution < 1.29 is 0 Å². The van der Waals surface area contributed by atoms with E-state index in [-0.39, 0.29) is 5.41 Å². The van der Waals surface area contributed by atoms with Crippen molar-refractivity contribution in [3.05, 3.63) is 185 Å². The minimum absolute atomic E-state index is 0.358. The lowest BCUT2D eigenvalue weighted by Crippen LogP contribution is -2.28. The summed E-state index contributed by atoms with van der Waals surface area (Å²) >= 11 is 0. The van der Waals surface area contributed by atoms with E-state index in [1.807, 2.05) is 0 Å². The fraction of sp³-hybridized carbons (Fsp3) is 0.0732. The molecule has 0 radical (unpaired) electrons. The molecule has 0 aliphatic heterocycles. The minimum Gasteiger partial charge on any atom is -0.0795 e. The summed E-state index contributed by atoms with van der Waals surface area (Å²) in [6.07, 6.45) is 9.02. The summed E-state index contributed by atoms with van der Waals surface area (Å²) in [4.78, 5) is 0. The van der Waals surface area contributed by atoms with E-state index < -0.39 is 0 Å². The van der Waals surface area contributed by atoms with Crippen LogP contribution in [0.3, 0.4) is 0 Å². The molecule has 0 heteroatoms. The Morgan fingerprint density at radius 2 is 1.20 bits per heavy atom. The van der Waals surface area contributed by atoms with Crippen molar-refractivity contribution in [2.45, 2.75) is 18.3 Å². The Morgan fingerprint density at radius 1 is 0.512 bits per heavy atom. The van der Waals surface area contributed by atoms with E-state index in [4.69, 9.17) is 0 Å². The molecule has 0 nitrogen and oxygen atoms in total. The van der Waals surface area contributed by atoms with Crippen LogP contribution in [-0.4, -0.2) is 0 Å². The highest BCUT2D eigenvalue weighted by Gasteiger charge is 2.45. The summed E-state index contributed by atoms with van der Waals surface area (Å²) in [5, 5.41) is 2.81. The molecule has 9 rings (SSSR count). The molecule has 0 bridgehead atoms. The van der Waals surface area contributed by atoms with Crippen LogP contribution in [-0.2, 0) is 18.3 Å². The van der Waals surface area contributed by atoms with E-state index in [1.165, 1.54) is 77.5 Å². The first kappa shape index (κ1) is 22.8. The Balaban J connectivity index is 1.28. The van der Waals surface area contributed by atoms with Crippen LogP contribution in [0.15, 0.2) is 146 Å². The molecule has 0 atom stereocenters. The topological polar surface area (TPSA) is 0 Å². The molecule has 0 aromatic heterocycles. The predicted molar refractivity (Wildman–Crippen MR) is 171 cm³/mol. The summed E-state index contributed by atoms with van der Waals surface area (Å²) in [6.45, 7) is 0. The SMILES string of the molecule is C1=CC2=CCc3cccc4c(-c5ccc(C6(c7ccccc7)c7ccccc7-c7ccccc76)cc5)cc(c2c34)C1. The van der Waals surface area contributed by atoms with E-state index in [0.29, 0.717) is 0 Å². The third-order valence-corrected chi connectivity index (χ3v) is 9.58. The number of rotatable bonds is 3. The third-order valence-electron chi connectivity index (χ3n) is 9.58. The first-order valence-corrected chi connectivity index (χ1v) is 14.6. The van der Waals surface area contributed by atoms with Crippen molar-refractivity contribution in [3.8, 4) is 22.3 Å². The Morgan fingerprint density at radius 3 is 1.95 bits per heavy atom. The van der Waals surface area contributed by atoms with E-state index in [0.717, 1.165) is 12.8 Å². The maximum Gasteiger partial charge on any atom is 0.0713 e. The van der Waals surface area contributed by atoms with Gasteiger partial charge in [-0.05, 0) is 96.5 Å². The highest BCUT2D eigenvalue weighted by molar-refractivity contribution is 6.08. The van der Waals surface area contributed by atoms with Gasteiger partial charge in [0, 0.05) is 0 Å². The van der Waals surface area contributed by atoms with Crippen molar-refractivity contribution in [3.63, 3.8) is 0 Å². The number of hydrogen-bond donors (Lipinski definition) is 0. The standard InChI is InChI=1S/C41H28/c1-2-13-31(14-3-1)41(37-18-6-4-15-33(37)34-16-5-7-19-38(34)41)32-24-22-27(23-25-32)36-26-30-12-8-10-28-20-21-29-11-9-17-35(36)40(29)39(28)30/h1-11,13-20,22-26H,12,21H2. The fourth-order valence-corrected chi connectivity index (χ4v) is 7.90. The van der Waals surface area contributed by atoms with E-state index >= 15 is 0 Å². The Kier molecular flexibility index (Phi) is 4.75. The number of hydrogen-bond acceptors (Lipinski definition) is 0. The lowest BCUT2D eigenvalue weighted by atomic mass is 9.67. The molecule has 6 aromatic carbocycles. The molecule has 0 spiro atoms. The van der Waals surface area contributed by atoms with Crippen molar-refractivity contribution in [1.82, 2.24) is 0 Å². The second-order valence-corrected chi connectivity index (χ2v) is 11.6. The first-order valence-electron chi connectivity index (χ1n) is 14.6. The van der Waals surface area contributed by atoms with E-state index in [9.17, 15) is 0 Å². The van der Waals surface area contributed by atoms with E-state index in [1.54, 1.807) is 0 Å². The molecule has 6 aromatic rings. The predicted octanol–water partition coefficient (Wildman–Crippen LogP) is 9.92. The summed E-state index contributed by atoms with van der Waals surface area (Å²) in [5.41, 5.74) is 16.0. The fourth-order valence-electron chi connectivity index (χ4n) is 7.90. The van der Waals surface area contributed by atoms with Crippen molar-refractivity contribution in [2.75, 3.05) is 0 Å². The van der Waals surface area contributed by atoms with Crippen molar-refractivity contribution >= 4 is 16.3 Å². The lowest BCUT2D eigenvalue weighted by molar-refractivity contribution is 0.768. The Bertz CT molecular complexity index is 2020. The average Bonchev–Trinajstić information content (AvgIpc) is 3.35. The van der Waals surface area contributed by atoms with Crippen LogP contribution in [0.4, 0.5) is 0 Å². The Hall–Kier alpha value is -4.94. The van der Waals surface area contributed by atoms with Gasteiger partial charge >= 0.3 is 0 Å². The van der Waals surface area contributed by atoms with Crippen LogP contribution in [0, 0.1) is 0 Å². The summed E-state index contributed by atoms with van der Waals surface area (Å²) in [7, 11) is 0. The van der Waals surface area contributed by atoms with Crippen LogP contribution in [0.25, 0.3) is 38.6 Å². The average molecular weight is 521 g/mol. The second-order valence-electron chi connectivity index (χ2n) is 11.6. The second kappa shape index (κ2) is 8.53. The van der Waals surface area contributed by atoms with Gasteiger partial charge in [0.15, 0.2) is 0 Å². The van der Waals surface area contributed by atoms with Crippen LogP contribution in [0.5, 0.6) is 0 Å². The third kappa shape index (κ3) is 3.05. The van der Waals surface area contributed by atoms with Gasteiger partial charge in [0.25, 0.3) is 0 Å². The first-order chi connectivity index (χ1) is 20.3. The molecule has 0 heterocycles. The minimum atomic E-state index is -0.358. The quantitative estimate of drug-likeness (QED) is 0.217. The van der Waals surface area contributed by atoms with Gasteiger partial charge in [-0.25, -0.2) is 0 Å². The molecule has 0 saturated carbocycles. The molecule has 0 N–H and O–H groups in total. The molecule has 0 amide bonds. The van der Waals surface area contributed by atoms with Crippen LogP contribution in [0.2, 0.25) is 0 Å². The molecular formula is C41H28. The zero-order valence-corrected chi connectivity index (χ0v) is 22.8. The van der Waals surface area contributed by atoms with Crippen molar-refractivity contribution in [2.24, 2.45) is 0 Å². The largest absolute Gasteiger partial charge is 0.0795 e. The smallest absolute Gasteiger partial charge is 0.0713 e. The molecule has 0 unspecified atom stereocenters. The number of fused-ring (bicyclic) bond motifs is 3. The highest BCUT2D eigenvalue weighted by atomic mass is 14.5. The molecule has 192 valence electrons. The molecule has 0 saturated heterocycles. The molecule has 0 fully saturated rings. The lowest BCUT2D eigenvalue weighted by Gasteiger charge is -2.34. The molecule has 3 aliphatic carbocycles. The normalized spacial score (nSPS) is 15.4. The maximum atomic E-state index is 2.45. The zero-order chi connectivity index (χ0) is 27.0. The maximum absolute atomic E-state index is 2.45. The molecular weight excluding hydrogens is 492 g/mol. The van der Waals surface area contributed by atoms with Gasteiger partial charge in [-0.3, -0.25) is 0 Å². The monoisotopic (exact) mass is 520 g/mol. The summed E-state index contributed by atoms with van der Waals surface area (Å²) in [5.74, 6) is 0. The van der Waals surface area contributed by atoms with Crippen LogP contribution < -0.4 is 0 Å². The van der Waals surface area contributed by atoms with Gasteiger partial charge in [0.1, 0.15) is 0 Å². The zero-order valence-electron chi connectivity index (χ0n) is 22.8. The van der Waals surface area contributed by atoms with Gasteiger partial charge in [-0.1, -0.05) is 140 Å².